The molecule has 0 aromatic heterocycles. The number of unbranched alkanes of at least 4 members (excludes halogenated alkanes) is 1. The summed E-state index contributed by atoms with van der Waals surface area (Å²) in [6.07, 6.45) is 2.85. The SMILES string of the molecule is CS(=O)(=O)N[N]C(=O)[C@@H](N)CCCCN. The van der Waals surface area contributed by atoms with Crippen molar-refractivity contribution in [1.82, 2.24) is 10.3 Å². The third kappa shape index (κ3) is 8.30. The fourth-order valence-corrected chi connectivity index (χ4v) is 1.10. The summed E-state index contributed by atoms with van der Waals surface area (Å²) in [5.41, 5.74) is 13.9. The highest BCUT2D eigenvalue weighted by Crippen LogP contribution is 1.97. The summed E-state index contributed by atoms with van der Waals surface area (Å²) in [4.78, 5) is 12.9. The molecule has 1 atom stereocenters. The van der Waals surface area contributed by atoms with E-state index in [-0.39, 0.29) is 0 Å². The minimum absolute atomic E-state index is 0.449. The first-order chi connectivity index (χ1) is 6.87. The van der Waals surface area contributed by atoms with E-state index < -0.39 is 22.0 Å². The van der Waals surface area contributed by atoms with Gasteiger partial charge in [0.25, 0.3) is 5.91 Å². The van der Waals surface area contributed by atoms with Crippen LogP contribution in [0.5, 0.6) is 0 Å². The van der Waals surface area contributed by atoms with Gasteiger partial charge >= 0.3 is 0 Å². The minimum atomic E-state index is -3.49. The Hall–Kier alpha value is -0.700. The van der Waals surface area contributed by atoms with Crippen molar-refractivity contribution >= 4 is 15.9 Å². The van der Waals surface area contributed by atoms with Crippen LogP contribution in [-0.2, 0) is 14.8 Å². The highest BCUT2D eigenvalue weighted by atomic mass is 32.2. The predicted octanol–water partition coefficient (Wildman–Crippen LogP) is -1.96. The summed E-state index contributed by atoms with van der Waals surface area (Å²) in [6, 6.07) is -0.772. The van der Waals surface area contributed by atoms with Crippen LogP contribution in [0, 0.1) is 0 Å². The third-order valence-electron chi connectivity index (χ3n) is 1.61. The molecular formula is C7H17N4O3S. The Balaban J connectivity index is 3.79. The van der Waals surface area contributed by atoms with Crippen molar-refractivity contribution in [1.29, 1.82) is 0 Å². The average molecular weight is 237 g/mol. The molecule has 8 heteroatoms. The zero-order valence-corrected chi connectivity index (χ0v) is 9.46. The van der Waals surface area contributed by atoms with E-state index in [2.05, 4.69) is 5.43 Å². The van der Waals surface area contributed by atoms with E-state index in [1.807, 2.05) is 0 Å². The highest BCUT2D eigenvalue weighted by Gasteiger charge is 2.15. The van der Waals surface area contributed by atoms with Crippen LogP contribution >= 0.6 is 0 Å². The molecule has 0 aliphatic carbocycles. The molecule has 0 saturated heterocycles. The molecule has 0 aliphatic heterocycles. The van der Waals surface area contributed by atoms with E-state index in [1.54, 1.807) is 4.83 Å². The van der Waals surface area contributed by atoms with Gasteiger partial charge in [-0.1, -0.05) is 6.42 Å². The van der Waals surface area contributed by atoms with Gasteiger partial charge in [0.05, 0.1) is 12.3 Å². The molecule has 7 nitrogen and oxygen atoms in total. The van der Waals surface area contributed by atoms with Crippen molar-refractivity contribution in [2.75, 3.05) is 12.8 Å². The summed E-state index contributed by atoms with van der Waals surface area (Å²) in [7, 11) is -3.49. The maximum Gasteiger partial charge on any atom is 0.275 e. The molecule has 15 heavy (non-hydrogen) atoms. The lowest BCUT2D eigenvalue weighted by molar-refractivity contribution is -0.123. The summed E-state index contributed by atoms with van der Waals surface area (Å²) in [5, 5.41) is 0. The van der Waals surface area contributed by atoms with E-state index in [9.17, 15) is 13.2 Å². The Bertz CT molecular complexity index is 291. The van der Waals surface area contributed by atoms with Crippen molar-refractivity contribution in [3.63, 3.8) is 0 Å². The number of carbonyl (C=O) groups excluding carboxylic acids is 1. The van der Waals surface area contributed by atoms with Crippen molar-refractivity contribution in [3.05, 3.63) is 0 Å². The first-order valence-corrected chi connectivity index (χ1v) is 6.43. The normalized spacial score (nSPS) is 13.5. The summed E-state index contributed by atoms with van der Waals surface area (Å²) in [5.74, 6) is -0.669. The van der Waals surface area contributed by atoms with Crippen LogP contribution in [0.15, 0.2) is 0 Å². The summed E-state index contributed by atoms with van der Waals surface area (Å²) < 4.78 is 21.2. The molecule has 5 N–H and O–H groups in total. The standard InChI is InChI=1S/C7H17N4O3S/c1-15(13,14)11-10-7(12)6(9)4-2-3-5-8/h6,11H,2-5,8-9H2,1H3/t6-/m0/s1. The van der Waals surface area contributed by atoms with Gasteiger partial charge in [0.2, 0.25) is 10.0 Å². The van der Waals surface area contributed by atoms with Crippen molar-refractivity contribution in [2.45, 2.75) is 25.3 Å². The van der Waals surface area contributed by atoms with Gasteiger partial charge in [-0.05, 0) is 19.4 Å². The van der Waals surface area contributed by atoms with E-state index >= 15 is 0 Å². The maximum atomic E-state index is 11.1. The lowest BCUT2D eigenvalue weighted by Crippen LogP contribution is -2.43. The van der Waals surface area contributed by atoms with Gasteiger partial charge in [0.1, 0.15) is 0 Å². The number of nitrogens with one attached hydrogen (secondary N) is 1. The zero-order chi connectivity index (χ0) is 11.9. The van der Waals surface area contributed by atoms with Crippen LogP contribution in [0.1, 0.15) is 19.3 Å². The van der Waals surface area contributed by atoms with Gasteiger partial charge in [0, 0.05) is 0 Å². The van der Waals surface area contributed by atoms with Gasteiger partial charge in [-0.3, -0.25) is 4.79 Å². The molecular weight excluding hydrogens is 220 g/mol. The lowest BCUT2D eigenvalue weighted by Gasteiger charge is -2.09. The van der Waals surface area contributed by atoms with Crippen LogP contribution < -0.4 is 21.7 Å². The first-order valence-electron chi connectivity index (χ1n) is 4.54. The van der Waals surface area contributed by atoms with Gasteiger partial charge in [-0.2, -0.15) is 0 Å². The van der Waals surface area contributed by atoms with Crippen LogP contribution in [0.25, 0.3) is 0 Å². The summed E-state index contributed by atoms with van der Waals surface area (Å²) >= 11 is 0. The quantitative estimate of drug-likeness (QED) is 0.349. The van der Waals surface area contributed by atoms with Gasteiger partial charge in [0.15, 0.2) is 0 Å². The van der Waals surface area contributed by atoms with Crippen LogP contribution in [0.2, 0.25) is 0 Å². The molecule has 0 aromatic rings. The zero-order valence-electron chi connectivity index (χ0n) is 8.64. The molecule has 0 rings (SSSR count). The third-order valence-corrected chi connectivity index (χ3v) is 2.03. The molecule has 0 spiro atoms. The molecule has 0 heterocycles. The molecule has 1 amide bonds. The van der Waals surface area contributed by atoms with Crippen LogP contribution in [0.4, 0.5) is 0 Å². The second-order valence-electron chi connectivity index (χ2n) is 3.20. The molecule has 0 unspecified atom stereocenters. The molecule has 89 valence electrons. The van der Waals surface area contributed by atoms with E-state index in [1.165, 1.54) is 0 Å². The fourth-order valence-electron chi connectivity index (χ4n) is 0.843. The Morgan fingerprint density at radius 2 is 2.07 bits per heavy atom. The van der Waals surface area contributed by atoms with Gasteiger partial charge < -0.3 is 11.5 Å². The Kier molecular flexibility index (Phi) is 6.41. The number of carbonyl (C=O) groups is 1. The molecule has 0 aromatic carbocycles. The Morgan fingerprint density at radius 1 is 1.47 bits per heavy atom. The lowest BCUT2D eigenvalue weighted by atomic mass is 10.1. The number of hydrogen-bond donors (Lipinski definition) is 3. The Morgan fingerprint density at radius 3 is 2.53 bits per heavy atom. The van der Waals surface area contributed by atoms with E-state index in [4.69, 9.17) is 11.5 Å². The topological polar surface area (TPSA) is 129 Å². The number of hydrogen-bond acceptors (Lipinski definition) is 5. The number of sulfonamides is 1. The molecule has 0 fully saturated rings. The molecule has 1 radical (unpaired) electrons. The number of rotatable bonds is 7. The second kappa shape index (κ2) is 6.72. The van der Waals surface area contributed by atoms with Gasteiger partial charge in [-0.25, -0.2) is 8.42 Å². The monoisotopic (exact) mass is 237 g/mol. The fraction of sp³-hybridized carbons (Fsp3) is 0.857. The number of nitrogens with zero attached hydrogens (tertiary/aromatic N) is 1. The van der Waals surface area contributed by atoms with Crippen LogP contribution in [-0.4, -0.2) is 33.2 Å². The number of nitrogens with two attached hydrogens (primary N) is 2. The maximum absolute atomic E-state index is 11.1. The van der Waals surface area contributed by atoms with Gasteiger partial charge in [-0.15, -0.1) is 10.3 Å². The van der Waals surface area contributed by atoms with Crippen molar-refractivity contribution in [2.24, 2.45) is 11.5 Å². The smallest absolute Gasteiger partial charge is 0.275 e. The molecule has 0 aliphatic rings. The minimum Gasteiger partial charge on any atom is -0.330 e. The first kappa shape index (κ1) is 14.3. The summed E-state index contributed by atoms with van der Waals surface area (Å²) in [6.45, 7) is 0.541. The molecule has 0 bridgehead atoms. The van der Waals surface area contributed by atoms with E-state index in [0.717, 1.165) is 19.1 Å². The number of amides is 1. The Labute approximate surface area is 89.6 Å². The second-order valence-corrected chi connectivity index (χ2v) is 4.93. The van der Waals surface area contributed by atoms with Crippen molar-refractivity contribution in [3.8, 4) is 0 Å². The molecule has 0 saturated carbocycles. The average Bonchev–Trinajstić information content (AvgIpc) is 2.13. The predicted molar refractivity (Wildman–Crippen MR) is 56.0 cm³/mol. The largest absolute Gasteiger partial charge is 0.330 e. The van der Waals surface area contributed by atoms with Crippen LogP contribution in [0.3, 0.4) is 0 Å². The highest BCUT2D eigenvalue weighted by molar-refractivity contribution is 7.88. The van der Waals surface area contributed by atoms with Crippen molar-refractivity contribution < 1.29 is 13.2 Å². The van der Waals surface area contributed by atoms with E-state index in [0.29, 0.717) is 13.0 Å².